The average molecular weight is 508 g/mol. The summed E-state index contributed by atoms with van der Waals surface area (Å²) >= 11 is 14.6. The molecule has 1 atom stereocenters. The molecule has 2 aromatic rings. The molecule has 1 N–H and O–H groups in total. The Morgan fingerprint density at radius 2 is 1.97 bits per heavy atom. The van der Waals surface area contributed by atoms with Crippen molar-refractivity contribution in [3.05, 3.63) is 28.2 Å². The van der Waals surface area contributed by atoms with Crippen LogP contribution in [-0.4, -0.2) is 70.0 Å². The summed E-state index contributed by atoms with van der Waals surface area (Å²) in [6.07, 6.45) is 0.441. The van der Waals surface area contributed by atoms with E-state index in [1.807, 2.05) is 6.92 Å². The van der Waals surface area contributed by atoms with Crippen molar-refractivity contribution >= 4 is 57.7 Å². The van der Waals surface area contributed by atoms with Gasteiger partial charge < -0.3 is 14.8 Å². The molecule has 2 rings (SSSR count). The van der Waals surface area contributed by atoms with Gasteiger partial charge in [-0.25, -0.2) is 4.68 Å². The zero-order valence-electron chi connectivity index (χ0n) is 17.0. The number of carbonyl (C=O) groups is 2. The van der Waals surface area contributed by atoms with Crippen molar-refractivity contribution in [3.8, 4) is 0 Å². The van der Waals surface area contributed by atoms with Crippen LogP contribution in [0.15, 0.2) is 28.3 Å². The van der Waals surface area contributed by atoms with Gasteiger partial charge in [0.2, 0.25) is 5.16 Å². The Bertz CT molecular complexity index is 851. The minimum Gasteiger partial charge on any atom is -0.382 e. The minimum atomic E-state index is -0.652. The summed E-state index contributed by atoms with van der Waals surface area (Å²) in [4.78, 5) is 25.4. The molecule has 1 amide bonds. The van der Waals surface area contributed by atoms with Crippen molar-refractivity contribution in [2.45, 2.75) is 36.0 Å². The molecule has 31 heavy (non-hydrogen) atoms. The number of ketones is 1. The van der Waals surface area contributed by atoms with Gasteiger partial charge in [-0.05, 0) is 40.7 Å². The summed E-state index contributed by atoms with van der Waals surface area (Å²) in [7, 11) is 1.59. The molecule has 0 aliphatic rings. The number of Topliss-reactive ketones (excluding diaryl/α,β-unsaturated/α-hetero) is 1. The molecule has 0 saturated heterocycles. The number of hydrogen-bond donors (Lipinski definition) is 1. The van der Waals surface area contributed by atoms with Gasteiger partial charge in [-0.1, -0.05) is 48.0 Å². The largest absolute Gasteiger partial charge is 0.382 e. The summed E-state index contributed by atoms with van der Waals surface area (Å²) in [5, 5.41) is 15.2. The molecule has 1 unspecified atom stereocenters. The molecule has 13 heteroatoms. The summed E-state index contributed by atoms with van der Waals surface area (Å²) < 4.78 is 11.6. The lowest BCUT2D eigenvalue weighted by atomic mass is 10.1. The van der Waals surface area contributed by atoms with Gasteiger partial charge in [-0.15, -0.1) is 5.10 Å². The number of ether oxygens (including phenoxy) is 2. The van der Waals surface area contributed by atoms with Crippen LogP contribution in [0.4, 0.5) is 4.79 Å². The number of halogens is 2. The van der Waals surface area contributed by atoms with Crippen LogP contribution in [0.1, 0.15) is 13.3 Å². The molecular weight excluding hydrogens is 485 g/mol. The van der Waals surface area contributed by atoms with Crippen molar-refractivity contribution in [1.82, 2.24) is 25.5 Å². The van der Waals surface area contributed by atoms with Crippen LogP contribution >= 0.6 is 46.7 Å². The number of nitrogens with one attached hydrogen (secondary N) is 1. The Morgan fingerprint density at radius 3 is 2.65 bits per heavy atom. The van der Waals surface area contributed by atoms with E-state index in [1.165, 1.54) is 4.68 Å². The second-order valence-electron chi connectivity index (χ2n) is 6.08. The SMILES string of the molecule is CCC(NC(=O)SCCOCCOC)C(=O)Cn1nnnc1Sc1c(Cl)cccc1Cl. The molecule has 0 aliphatic heterocycles. The molecule has 0 fully saturated rings. The number of nitrogens with zero attached hydrogens (tertiary/aromatic N) is 4. The highest BCUT2D eigenvalue weighted by atomic mass is 35.5. The standard InChI is InChI=1S/C18H23Cl2N5O4S2/c1-3-14(21-18(27)30-10-9-29-8-7-28-2)15(26)11-25-17(22-23-24-25)31-16-12(19)5-4-6-13(16)20/h4-6,14H,3,7-11H2,1-2H3,(H,21,27). The summed E-state index contributed by atoms with van der Waals surface area (Å²) in [6, 6.07) is 4.50. The van der Waals surface area contributed by atoms with Crippen LogP contribution in [0.2, 0.25) is 10.0 Å². The van der Waals surface area contributed by atoms with Gasteiger partial charge in [-0.2, -0.15) is 0 Å². The zero-order valence-corrected chi connectivity index (χ0v) is 20.2. The lowest BCUT2D eigenvalue weighted by Crippen LogP contribution is -2.40. The van der Waals surface area contributed by atoms with Gasteiger partial charge in [0, 0.05) is 12.9 Å². The number of methoxy groups -OCH3 is 1. The summed E-state index contributed by atoms with van der Waals surface area (Å²) in [5.74, 6) is 0.263. The fraction of sp³-hybridized carbons (Fsp3) is 0.500. The van der Waals surface area contributed by atoms with Gasteiger partial charge in [0.05, 0.1) is 40.8 Å². The number of tetrazole rings is 1. The molecular formula is C18H23Cl2N5O4S2. The Hall–Kier alpha value is -1.37. The molecule has 0 spiro atoms. The van der Waals surface area contributed by atoms with Gasteiger partial charge in [-0.3, -0.25) is 9.59 Å². The van der Waals surface area contributed by atoms with Crippen LogP contribution < -0.4 is 5.32 Å². The van der Waals surface area contributed by atoms with Crippen molar-refractivity contribution in [3.63, 3.8) is 0 Å². The van der Waals surface area contributed by atoms with E-state index in [-0.39, 0.29) is 17.6 Å². The van der Waals surface area contributed by atoms with Crippen LogP contribution in [-0.2, 0) is 20.8 Å². The van der Waals surface area contributed by atoms with Gasteiger partial charge in [0.25, 0.3) is 5.24 Å². The average Bonchev–Trinajstić information content (AvgIpc) is 3.18. The summed E-state index contributed by atoms with van der Waals surface area (Å²) in [6.45, 7) is 3.12. The highest BCUT2D eigenvalue weighted by Gasteiger charge is 2.22. The van der Waals surface area contributed by atoms with Crippen molar-refractivity contribution in [1.29, 1.82) is 0 Å². The lowest BCUT2D eigenvalue weighted by molar-refractivity contribution is -0.121. The zero-order chi connectivity index (χ0) is 22.6. The molecule has 1 heterocycles. The first-order chi connectivity index (χ1) is 15.0. The highest BCUT2D eigenvalue weighted by molar-refractivity contribution is 8.13. The van der Waals surface area contributed by atoms with Crippen LogP contribution in [0, 0.1) is 0 Å². The minimum absolute atomic E-state index is 0.0962. The van der Waals surface area contributed by atoms with E-state index < -0.39 is 6.04 Å². The monoisotopic (exact) mass is 507 g/mol. The van der Waals surface area contributed by atoms with Crippen LogP contribution in [0.5, 0.6) is 0 Å². The number of benzene rings is 1. The Kier molecular flexibility index (Phi) is 11.6. The van der Waals surface area contributed by atoms with Gasteiger partial charge >= 0.3 is 0 Å². The smallest absolute Gasteiger partial charge is 0.279 e. The molecule has 0 aliphatic carbocycles. The van der Waals surface area contributed by atoms with Gasteiger partial charge in [0.1, 0.15) is 6.54 Å². The normalized spacial score (nSPS) is 12.0. The number of amides is 1. The first-order valence-electron chi connectivity index (χ1n) is 9.37. The maximum atomic E-state index is 12.7. The molecule has 170 valence electrons. The fourth-order valence-corrected chi connectivity index (χ4v) is 4.37. The maximum absolute atomic E-state index is 12.7. The van der Waals surface area contributed by atoms with E-state index >= 15 is 0 Å². The van der Waals surface area contributed by atoms with Crippen molar-refractivity contribution in [2.24, 2.45) is 0 Å². The Balaban J connectivity index is 1.89. The third-order valence-electron chi connectivity index (χ3n) is 3.90. The first kappa shape index (κ1) is 25.9. The van der Waals surface area contributed by atoms with Crippen molar-refractivity contribution in [2.75, 3.05) is 32.7 Å². The molecule has 0 saturated carbocycles. The second kappa shape index (κ2) is 13.9. The fourth-order valence-electron chi connectivity index (χ4n) is 2.33. The lowest BCUT2D eigenvalue weighted by Gasteiger charge is -2.16. The third-order valence-corrected chi connectivity index (χ3v) is 6.62. The molecule has 1 aromatic carbocycles. The van der Waals surface area contributed by atoms with Crippen LogP contribution in [0.3, 0.4) is 0 Å². The topological polar surface area (TPSA) is 108 Å². The van der Waals surface area contributed by atoms with E-state index in [0.717, 1.165) is 23.5 Å². The molecule has 0 bridgehead atoms. The number of hydrogen-bond acceptors (Lipinski definition) is 9. The number of aromatic nitrogens is 4. The van der Waals surface area contributed by atoms with E-state index in [9.17, 15) is 9.59 Å². The van der Waals surface area contributed by atoms with E-state index in [1.54, 1.807) is 25.3 Å². The quantitative estimate of drug-likeness (QED) is 0.406. The van der Waals surface area contributed by atoms with Crippen LogP contribution in [0.25, 0.3) is 0 Å². The van der Waals surface area contributed by atoms with Crippen molar-refractivity contribution < 1.29 is 19.1 Å². The summed E-state index contributed by atoms with van der Waals surface area (Å²) in [5.41, 5.74) is 0. The predicted molar refractivity (Wildman–Crippen MR) is 121 cm³/mol. The third kappa shape index (κ3) is 8.59. The predicted octanol–water partition coefficient (Wildman–Crippen LogP) is 3.58. The van der Waals surface area contributed by atoms with E-state index in [0.29, 0.717) is 52.1 Å². The second-order valence-corrected chi connectivity index (χ2v) is 8.94. The highest BCUT2D eigenvalue weighted by Crippen LogP contribution is 2.37. The van der Waals surface area contributed by atoms with E-state index in [4.69, 9.17) is 32.7 Å². The Morgan fingerprint density at radius 1 is 1.23 bits per heavy atom. The number of rotatable bonds is 13. The molecule has 0 radical (unpaired) electrons. The number of carbonyl (C=O) groups excluding carboxylic acids is 2. The molecule has 9 nitrogen and oxygen atoms in total. The molecule has 1 aromatic heterocycles. The first-order valence-corrected chi connectivity index (χ1v) is 11.9. The maximum Gasteiger partial charge on any atom is 0.279 e. The number of thioether (sulfide) groups is 1. The van der Waals surface area contributed by atoms with Gasteiger partial charge in [0.15, 0.2) is 5.78 Å². The van der Waals surface area contributed by atoms with E-state index in [2.05, 4.69) is 20.8 Å². The Labute approximate surface area is 198 Å².